The van der Waals surface area contributed by atoms with Crippen LogP contribution in [-0.2, 0) is 0 Å². The third kappa shape index (κ3) is 4.71. The van der Waals surface area contributed by atoms with Crippen LogP contribution in [0.25, 0.3) is 75.8 Å². The van der Waals surface area contributed by atoms with Gasteiger partial charge < -0.3 is 9.80 Å². The summed E-state index contributed by atoms with van der Waals surface area (Å²) in [5.74, 6) is 0. The van der Waals surface area contributed by atoms with Crippen LogP contribution < -0.4 is 9.80 Å². The molecule has 53 heavy (non-hydrogen) atoms. The molecule has 0 saturated heterocycles. The van der Waals surface area contributed by atoms with Crippen LogP contribution in [0.15, 0.2) is 182 Å². The van der Waals surface area contributed by atoms with E-state index < -0.39 is 0 Å². The molecule has 0 bridgehead atoms. The predicted molar refractivity (Wildman–Crippen MR) is 227 cm³/mol. The van der Waals surface area contributed by atoms with Gasteiger partial charge in [0.2, 0.25) is 0 Å². The van der Waals surface area contributed by atoms with E-state index in [0.29, 0.717) is 0 Å². The number of rotatable bonds is 3. The van der Waals surface area contributed by atoms with Crippen molar-refractivity contribution in [3.63, 3.8) is 0 Å². The number of benzene rings is 8. The number of thiophene rings is 1. The summed E-state index contributed by atoms with van der Waals surface area (Å²) in [4.78, 5) is 5.01. The number of hydrogen-bond donors (Lipinski definition) is 0. The third-order valence-electron chi connectivity index (χ3n) is 11.1. The van der Waals surface area contributed by atoms with Gasteiger partial charge in [0.25, 0.3) is 0 Å². The van der Waals surface area contributed by atoms with Crippen molar-refractivity contribution in [2.45, 2.75) is 0 Å². The van der Waals surface area contributed by atoms with Gasteiger partial charge in [-0.05, 0) is 92.5 Å². The maximum Gasteiger partial charge on any atom is 0.0659 e. The van der Waals surface area contributed by atoms with E-state index in [4.69, 9.17) is 0 Å². The molecule has 8 aromatic carbocycles. The van der Waals surface area contributed by atoms with Crippen LogP contribution in [0.2, 0.25) is 0 Å². The molecule has 0 saturated carbocycles. The van der Waals surface area contributed by atoms with Crippen molar-refractivity contribution in [2.24, 2.45) is 0 Å². The zero-order valence-corrected chi connectivity index (χ0v) is 29.9. The first-order valence-electron chi connectivity index (χ1n) is 18.4. The van der Waals surface area contributed by atoms with E-state index in [1.165, 1.54) is 98.6 Å². The Labute approximate surface area is 313 Å². The molecule has 0 spiro atoms. The molecule has 0 N–H and O–H groups in total. The number of nitrogens with zero attached hydrogens (tertiary/aromatic N) is 2. The first-order chi connectivity index (χ1) is 26.3. The van der Waals surface area contributed by atoms with Crippen LogP contribution in [0.1, 0.15) is 0 Å². The first-order valence-corrected chi connectivity index (χ1v) is 19.2. The Morgan fingerprint density at radius 2 is 0.774 bits per heavy atom. The molecule has 0 amide bonds. The molecule has 0 fully saturated rings. The summed E-state index contributed by atoms with van der Waals surface area (Å²) in [6.45, 7) is 1.76. The zero-order chi connectivity index (χ0) is 34.9. The summed E-state index contributed by atoms with van der Waals surface area (Å²) in [7, 11) is 0. The van der Waals surface area contributed by atoms with E-state index in [0.717, 1.165) is 13.1 Å². The lowest BCUT2D eigenvalue weighted by Crippen LogP contribution is -2.36. The number of hydrogen-bond acceptors (Lipinski definition) is 3. The maximum absolute atomic E-state index is 2.51. The van der Waals surface area contributed by atoms with Crippen LogP contribution in [0.4, 0.5) is 22.7 Å². The second-order valence-electron chi connectivity index (χ2n) is 14.0. The second kappa shape index (κ2) is 12.1. The molecule has 2 aliphatic rings. The highest BCUT2D eigenvalue weighted by Gasteiger charge is 2.31. The Hall–Kier alpha value is -6.42. The van der Waals surface area contributed by atoms with E-state index in [1.807, 2.05) is 11.3 Å². The Morgan fingerprint density at radius 3 is 1.43 bits per heavy atom. The molecule has 0 atom stereocenters. The highest BCUT2D eigenvalue weighted by atomic mass is 32.1. The lowest BCUT2D eigenvalue weighted by Gasteiger charge is -2.40. The Balaban J connectivity index is 1.25. The Kier molecular flexibility index (Phi) is 6.89. The largest absolute Gasteiger partial charge is 0.338 e. The summed E-state index contributed by atoms with van der Waals surface area (Å²) < 4.78 is 2.66. The van der Waals surface area contributed by atoms with Crippen LogP contribution in [-0.4, -0.2) is 13.1 Å². The molecular formula is C50H34N2S. The summed E-state index contributed by atoms with van der Waals surface area (Å²) in [5, 5.41) is 2.64. The number of anilines is 4. The molecule has 3 heteroatoms. The van der Waals surface area contributed by atoms with Gasteiger partial charge in [0.1, 0.15) is 0 Å². The molecular weight excluding hydrogens is 661 g/mol. The van der Waals surface area contributed by atoms with E-state index in [9.17, 15) is 0 Å². The van der Waals surface area contributed by atoms with Crippen molar-refractivity contribution >= 4 is 54.3 Å². The van der Waals surface area contributed by atoms with Gasteiger partial charge in [0, 0.05) is 50.2 Å². The van der Waals surface area contributed by atoms with Gasteiger partial charge in [-0.2, -0.15) is 0 Å². The quantitative estimate of drug-likeness (QED) is 0.182. The van der Waals surface area contributed by atoms with Gasteiger partial charge in [0.15, 0.2) is 0 Å². The topological polar surface area (TPSA) is 6.48 Å². The first kappa shape index (κ1) is 30.2. The SMILES string of the molecule is c1ccc(N2CCN(c3ccccc3)c3cc4c(cc32)-c2ccccc2-c2ccccc2-c2c-4cccc2-c2cccc3c2sc2ccccc23)cc1. The van der Waals surface area contributed by atoms with E-state index >= 15 is 0 Å². The minimum atomic E-state index is 0.880. The van der Waals surface area contributed by atoms with Gasteiger partial charge >= 0.3 is 0 Å². The molecule has 2 heterocycles. The van der Waals surface area contributed by atoms with Gasteiger partial charge in [-0.1, -0.05) is 140 Å². The highest BCUT2D eigenvalue weighted by Crippen LogP contribution is 2.55. The molecule has 1 aromatic heterocycles. The van der Waals surface area contributed by atoms with E-state index in [2.05, 4.69) is 192 Å². The molecule has 2 nitrogen and oxygen atoms in total. The van der Waals surface area contributed by atoms with Crippen LogP contribution in [0, 0.1) is 0 Å². The average Bonchev–Trinajstić information content (AvgIpc) is 3.62. The maximum atomic E-state index is 2.51. The van der Waals surface area contributed by atoms with E-state index in [-0.39, 0.29) is 0 Å². The van der Waals surface area contributed by atoms with Gasteiger partial charge in [-0.25, -0.2) is 0 Å². The molecule has 11 rings (SSSR count). The molecule has 1 aliphatic carbocycles. The zero-order valence-electron chi connectivity index (χ0n) is 29.0. The molecule has 0 radical (unpaired) electrons. The van der Waals surface area contributed by atoms with Crippen molar-refractivity contribution in [1.82, 2.24) is 0 Å². The van der Waals surface area contributed by atoms with Gasteiger partial charge in [-0.15, -0.1) is 11.3 Å². The summed E-state index contributed by atoms with van der Waals surface area (Å²) in [6, 6.07) is 67.4. The smallest absolute Gasteiger partial charge is 0.0659 e. The van der Waals surface area contributed by atoms with Crippen molar-refractivity contribution < 1.29 is 0 Å². The lowest BCUT2D eigenvalue weighted by atomic mass is 9.78. The van der Waals surface area contributed by atoms with Crippen molar-refractivity contribution in [2.75, 3.05) is 22.9 Å². The Morgan fingerprint density at radius 1 is 0.340 bits per heavy atom. The van der Waals surface area contributed by atoms with Crippen molar-refractivity contribution in [1.29, 1.82) is 0 Å². The fourth-order valence-corrected chi connectivity index (χ4v) is 10.0. The fraction of sp³-hybridized carbons (Fsp3) is 0.0400. The average molecular weight is 695 g/mol. The minimum absolute atomic E-state index is 0.880. The molecule has 1 aliphatic heterocycles. The fourth-order valence-electron chi connectivity index (χ4n) is 8.79. The Bertz CT molecular complexity index is 2850. The third-order valence-corrected chi connectivity index (χ3v) is 12.4. The standard InChI is InChI=1S/C50H34N2S/c1-3-15-33(16-4-1)51-29-30-52(34-17-5-2-6-18-34)47-32-45-41-25-13-24-40(43-27-14-26-42-38-22-11-12-28-48(38)53-50(42)43)49(41)39-23-10-9-20-36(39)35-19-7-8-21-37(35)44(45)31-46(47)51/h1-28,31-32H,29-30H2. The number of fused-ring (bicyclic) bond motifs is 12. The highest BCUT2D eigenvalue weighted by molar-refractivity contribution is 7.26. The monoisotopic (exact) mass is 694 g/mol. The minimum Gasteiger partial charge on any atom is -0.338 e. The molecule has 250 valence electrons. The summed E-state index contributed by atoms with van der Waals surface area (Å²) in [6.07, 6.45) is 0. The van der Waals surface area contributed by atoms with Crippen LogP contribution in [0.3, 0.4) is 0 Å². The predicted octanol–water partition coefficient (Wildman–Crippen LogP) is 14.0. The van der Waals surface area contributed by atoms with Gasteiger partial charge in [0.05, 0.1) is 11.4 Å². The van der Waals surface area contributed by atoms with E-state index in [1.54, 1.807) is 0 Å². The lowest BCUT2D eigenvalue weighted by molar-refractivity contribution is 0.850. The normalized spacial score (nSPS) is 13.1. The second-order valence-corrected chi connectivity index (χ2v) is 15.0. The summed E-state index contributed by atoms with van der Waals surface area (Å²) in [5.41, 5.74) is 17.5. The van der Waals surface area contributed by atoms with Crippen molar-refractivity contribution in [3.05, 3.63) is 182 Å². The van der Waals surface area contributed by atoms with Crippen molar-refractivity contribution in [3.8, 4) is 55.6 Å². The van der Waals surface area contributed by atoms with Gasteiger partial charge in [-0.3, -0.25) is 0 Å². The van der Waals surface area contributed by atoms with Crippen LogP contribution in [0.5, 0.6) is 0 Å². The van der Waals surface area contributed by atoms with Crippen LogP contribution >= 0.6 is 11.3 Å². The number of para-hydroxylation sites is 2. The molecule has 9 aromatic rings. The molecule has 0 unspecified atom stereocenters. The summed E-state index contributed by atoms with van der Waals surface area (Å²) >= 11 is 1.90.